The summed E-state index contributed by atoms with van der Waals surface area (Å²) in [7, 11) is -3.33. The Bertz CT molecular complexity index is 1070. The fourth-order valence-electron chi connectivity index (χ4n) is 2.41. The molecule has 3 aromatic rings. The van der Waals surface area contributed by atoms with Gasteiger partial charge in [0.2, 0.25) is 0 Å². The van der Waals surface area contributed by atoms with E-state index in [2.05, 4.69) is 14.4 Å². The van der Waals surface area contributed by atoms with Gasteiger partial charge in [0.1, 0.15) is 0 Å². The molecule has 0 spiro atoms. The van der Waals surface area contributed by atoms with E-state index in [0.717, 1.165) is 5.69 Å². The first-order chi connectivity index (χ1) is 12.3. The molecule has 0 fully saturated rings. The van der Waals surface area contributed by atoms with E-state index in [1.54, 1.807) is 55.3 Å². The number of halogens is 2. The van der Waals surface area contributed by atoms with E-state index < -0.39 is 27.3 Å². The van der Waals surface area contributed by atoms with E-state index in [1.807, 2.05) is 6.07 Å². The average Bonchev–Trinajstić information content (AvgIpc) is 3.05. The lowest BCUT2D eigenvalue weighted by atomic mass is 10.3. The van der Waals surface area contributed by atoms with Gasteiger partial charge in [0.25, 0.3) is 0 Å². The van der Waals surface area contributed by atoms with Gasteiger partial charge in [-0.2, -0.15) is 18.2 Å². The summed E-state index contributed by atoms with van der Waals surface area (Å²) in [4.78, 5) is 15.6. The van der Waals surface area contributed by atoms with Crippen molar-refractivity contribution >= 4 is 26.5 Å². The Morgan fingerprint density at radius 2 is 2.04 bits per heavy atom. The minimum atomic E-state index is -3.33. The van der Waals surface area contributed by atoms with Crippen LogP contribution in [0, 0.1) is 0 Å². The lowest BCUT2D eigenvalue weighted by Gasteiger charge is -2.13. The molecular weight excluding hydrogens is 362 g/mol. The van der Waals surface area contributed by atoms with Gasteiger partial charge in [-0.05, 0) is 44.2 Å². The molecule has 1 unspecified atom stereocenters. The number of alkyl halides is 2. The minimum absolute atomic E-state index is 0.222. The van der Waals surface area contributed by atoms with E-state index in [1.165, 1.54) is 6.07 Å². The molecule has 1 amide bonds. The summed E-state index contributed by atoms with van der Waals surface area (Å²) in [6, 6.07) is 8.30. The zero-order chi connectivity index (χ0) is 18.9. The topological polar surface area (TPSA) is 77.2 Å². The molecule has 9 heteroatoms. The van der Waals surface area contributed by atoms with Crippen LogP contribution < -0.4 is 0 Å². The molecule has 0 aliphatic carbocycles. The highest BCUT2D eigenvalue weighted by molar-refractivity contribution is 7.94. The predicted octanol–water partition coefficient (Wildman–Crippen LogP) is 3.45. The van der Waals surface area contributed by atoms with Crippen LogP contribution in [-0.2, 0) is 14.5 Å². The Balaban J connectivity index is 2.13. The third-order valence-corrected chi connectivity index (χ3v) is 6.43. The molecule has 6 nitrogen and oxygen atoms in total. The highest BCUT2D eigenvalue weighted by Crippen LogP contribution is 2.25. The van der Waals surface area contributed by atoms with Gasteiger partial charge in [0.15, 0.2) is 0 Å². The molecule has 1 aromatic carbocycles. The number of carbonyl (C=O) groups excluding carboxylic acids is 1. The van der Waals surface area contributed by atoms with E-state index in [9.17, 15) is 17.8 Å². The average molecular weight is 378 g/mol. The minimum Gasteiger partial charge on any atom is -0.265 e. The second-order valence-corrected chi connectivity index (χ2v) is 8.59. The quantitative estimate of drug-likeness (QED) is 0.697. The van der Waals surface area contributed by atoms with Crippen molar-refractivity contribution < 1.29 is 17.8 Å². The fourth-order valence-corrected chi connectivity index (χ4v) is 4.18. The zero-order valence-corrected chi connectivity index (χ0v) is 14.9. The van der Waals surface area contributed by atoms with Gasteiger partial charge >= 0.3 is 12.3 Å². The van der Waals surface area contributed by atoms with Gasteiger partial charge in [-0.15, -0.1) is 0 Å². The van der Waals surface area contributed by atoms with Gasteiger partial charge < -0.3 is 0 Å². The van der Waals surface area contributed by atoms with E-state index >= 15 is 0 Å². The molecule has 0 saturated heterocycles. The maximum Gasteiger partial charge on any atom is 0.321 e. The lowest BCUT2D eigenvalue weighted by molar-refractivity contribution is -0.127. The van der Waals surface area contributed by atoms with Crippen molar-refractivity contribution in [1.29, 1.82) is 0 Å². The van der Waals surface area contributed by atoms with Gasteiger partial charge in [-0.3, -0.25) is 9.78 Å². The summed E-state index contributed by atoms with van der Waals surface area (Å²) in [5, 5.41) is 4.44. The van der Waals surface area contributed by atoms with Crippen molar-refractivity contribution in [2.75, 3.05) is 0 Å². The van der Waals surface area contributed by atoms with Crippen molar-refractivity contribution in [1.82, 2.24) is 14.8 Å². The summed E-state index contributed by atoms with van der Waals surface area (Å²) in [5.74, 6) is -1.67. The summed E-state index contributed by atoms with van der Waals surface area (Å²) in [5.41, 5.74) is 1.37. The highest BCUT2D eigenvalue weighted by atomic mass is 32.2. The van der Waals surface area contributed by atoms with Gasteiger partial charge in [0, 0.05) is 27.9 Å². The molecular formula is C17H16F2N4O2S. The van der Waals surface area contributed by atoms with Crippen LogP contribution in [0.2, 0.25) is 0 Å². The van der Waals surface area contributed by atoms with Crippen LogP contribution in [0.15, 0.2) is 58.2 Å². The number of rotatable bonds is 4. The largest absolute Gasteiger partial charge is 0.321 e. The monoisotopic (exact) mass is 378 g/mol. The third-order valence-electron chi connectivity index (χ3n) is 3.78. The first kappa shape index (κ1) is 18.1. The van der Waals surface area contributed by atoms with Crippen LogP contribution in [0.25, 0.3) is 16.6 Å². The Labute approximate surface area is 149 Å². The zero-order valence-electron chi connectivity index (χ0n) is 14.0. The lowest BCUT2D eigenvalue weighted by Crippen LogP contribution is -2.18. The van der Waals surface area contributed by atoms with E-state index in [4.69, 9.17) is 0 Å². The van der Waals surface area contributed by atoms with Gasteiger partial charge in [-0.25, -0.2) is 8.89 Å². The first-order valence-corrected chi connectivity index (χ1v) is 9.37. The molecule has 0 radical (unpaired) electrons. The molecule has 2 aromatic heterocycles. The summed E-state index contributed by atoms with van der Waals surface area (Å²) in [6.45, 7) is 3.15. The van der Waals surface area contributed by atoms with Crippen LogP contribution >= 0.6 is 0 Å². The highest BCUT2D eigenvalue weighted by Gasteiger charge is 2.24. The Hall–Kier alpha value is -2.68. The standard InChI is InChI=1S/C17H16F2N4O2S/c1-11(2)26(25,22-17(24)16(18)19)14-5-6-15-12(8-14)10-23(21-15)13-4-3-7-20-9-13/h3-11,16H,1-2H3. The van der Waals surface area contributed by atoms with Crippen LogP contribution in [0.1, 0.15) is 13.8 Å². The Kier molecular flexibility index (Phi) is 4.82. The molecule has 0 aliphatic rings. The van der Waals surface area contributed by atoms with Gasteiger partial charge in [-0.1, -0.05) is 0 Å². The second-order valence-electron chi connectivity index (χ2n) is 5.85. The second kappa shape index (κ2) is 6.91. The molecule has 3 rings (SSSR count). The van der Waals surface area contributed by atoms with E-state index in [-0.39, 0.29) is 4.90 Å². The van der Waals surface area contributed by atoms with Crippen molar-refractivity contribution in [3.05, 3.63) is 48.9 Å². The maximum absolute atomic E-state index is 13.2. The molecule has 26 heavy (non-hydrogen) atoms. The van der Waals surface area contributed by atoms with Crippen LogP contribution in [0.5, 0.6) is 0 Å². The number of benzene rings is 1. The van der Waals surface area contributed by atoms with Crippen molar-refractivity contribution in [3.8, 4) is 5.69 Å². The number of amides is 1. The number of carbonyl (C=O) groups is 1. The molecule has 1 atom stereocenters. The number of hydrogen-bond donors (Lipinski definition) is 0. The normalized spacial score (nSPS) is 13.9. The Morgan fingerprint density at radius 3 is 2.65 bits per heavy atom. The maximum atomic E-state index is 13.2. The Morgan fingerprint density at radius 1 is 1.27 bits per heavy atom. The van der Waals surface area contributed by atoms with Crippen LogP contribution in [0.3, 0.4) is 0 Å². The van der Waals surface area contributed by atoms with Crippen LogP contribution in [0.4, 0.5) is 8.78 Å². The molecule has 0 aliphatic heterocycles. The smallest absolute Gasteiger partial charge is 0.265 e. The number of pyridine rings is 1. The first-order valence-electron chi connectivity index (χ1n) is 7.79. The molecule has 2 heterocycles. The predicted molar refractivity (Wildman–Crippen MR) is 93.8 cm³/mol. The molecule has 136 valence electrons. The number of fused-ring (bicyclic) bond motifs is 1. The van der Waals surface area contributed by atoms with Crippen molar-refractivity contribution in [3.63, 3.8) is 0 Å². The third kappa shape index (κ3) is 3.34. The molecule has 0 bridgehead atoms. The summed E-state index contributed by atoms with van der Waals surface area (Å²) in [6.07, 6.45) is 1.71. The van der Waals surface area contributed by atoms with E-state index in [0.29, 0.717) is 10.9 Å². The van der Waals surface area contributed by atoms with Crippen molar-refractivity contribution in [2.45, 2.75) is 30.4 Å². The van der Waals surface area contributed by atoms with Crippen molar-refractivity contribution in [2.24, 2.45) is 4.36 Å². The van der Waals surface area contributed by atoms with Crippen LogP contribution in [-0.4, -0.2) is 36.6 Å². The fraction of sp³-hybridized carbons (Fsp3) is 0.235. The molecule has 0 N–H and O–H groups in total. The van der Waals surface area contributed by atoms with Gasteiger partial charge in [0.05, 0.1) is 27.1 Å². The molecule has 0 saturated carbocycles. The summed E-state index contributed by atoms with van der Waals surface area (Å²) < 4.78 is 43.3. The number of hydrogen-bond acceptors (Lipinski definition) is 4. The number of nitrogens with zero attached hydrogens (tertiary/aromatic N) is 4. The number of aromatic nitrogens is 3. The SMILES string of the molecule is CC(C)S(=O)(=NC(=O)C(F)F)c1ccc2nn(-c3cccnc3)cc2c1. The summed E-state index contributed by atoms with van der Waals surface area (Å²) >= 11 is 0.